The van der Waals surface area contributed by atoms with E-state index in [1.54, 1.807) is 17.1 Å². The fourth-order valence-electron chi connectivity index (χ4n) is 3.01. The van der Waals surface area contributed by atoms with Gasteiger partial charge in [0.05, 0.1) is 4.90 Å². The number of likely N-dealkylation sites (N-methyl/N-ethyl adjacent to an activating group) is 1. The van der Waals surface area contributed by atoms with Crippen molar-refractivity contribution in [3.63, 3.8) is 0 Å². The monoisotopic (exact) mass is 348 g/mol. The molecule has 1 aliphatic heterocycles. The fraction of sp³-hybridized carbons (Fsp3) is 0.412. The third-order valence-corrected chi connectivity index (χ3v) is 5.82. The van der Waals surface area contributed by atoms with Gasteiger partial charge in [0.1, 0.15) is 0 Å². The Hall–Kier alpha value is -1.67. The fourth-order valence-corrected chi connectivity index (χ4v) is 4.35. The van der Waals surface area contributed by atoms with Crippen LogP contribution in [0.5, 0.6) is 0 Å². The Kier molecular flexibility index (Phi) is 4.78. The highest BCUT2D eigenvalue weighted by Gasteiger charge is 2.23. The molecule has 1 saturated heterocycles. The quantitative estimate of drug-likeness (QED) is 0.904. The predicted octanol–water partition coefficient (Wildman–Crippen LogP) is 1.35. The van der Waals surface area contributed by atoms with E-state index in [-0.39, 0.29) is 0 Å². The molecule has 1 N–H and O–H groups in total. The van der Waals surface area contributed by atoms with Crippen LogP contribution in [0.3, 0.4) is 0 Å². The summed E-state index contributed by atoms with van der Waals surface area (Å²) in [5.41, 5.74) is 1.00. The molecule has 0 saturated carbocycles. The molecule has 24 heavy (non-hydrogen) atoms. The average molecular weight is 348 g/mol. The van der Waals surface area contributed by atoms with E-state index < -0.39 is 10.0 Å². The summed E-state index contributed by atoms with van der Waals surface area (Å²) in [6.45, 7) is 3.07. The summed E-state index contributed by atoms with van der Waals surface area (Å²) in [7, 11) is 2.35. The predicted molar refractivity (Wildman–Crippen MR) is 97.7 cm³/mol. The van der Waals surface area contributed by atoms with Crippen molar-refractivity contribution >= 4 is 26.5 Å². The molecule has 0 amide bonds. The second-order valence-electron chi connectivity index (χ2n) is 6.41. The highest BCUT2D eigenvalue weighted by Crippen LogP contribution is 2.30. The van der Waals surface area contributed by atoms with Gasteiger partial charge in [0.15, 0.2) is 0 Å². The molecule has 0 radical (unpaired) electrons. The number of hydrazine groups is 1. The summed E-state index contributed by atoms with van der Waals surface area (Å²) in [6, 6.07) is 11.2. The van der Waals surface area contributed by atoms with E-state index in [1.165, 1.54) is 0 Å². The largest absolute Gasteiger partial charge is 0.377 e. The Morgan fingerprint density at radius 1 is 0.958 bits per heavy atom. The van der Waals surface area contributed by atoms with Crippen LogP contribution in [0, 0.1) is 0 Å². The van der Waals surface area contributed by atoms with Crippen LogP contribution >= 0.6 is 0 Å². The number of hydrogen-bond acceptors (Lipinski definition) is 5. The van der Waals surface area contributed by atoms with Crippen LogP contribution < -0.4 is 9.73 Å². The van der Waals surface area contributed by atoms with Crippen molar-refractivity contribution in [3.8, 4) is 0 Å². The number of hydrogen-bond donors (Lipinski definition) is 1. The summed E-state index contributed by atoms with van der Waals surface area (Å²) in [4.78, 5) is 7.24. The van der Waals surface area contributed by atoms with Crippen LogP contribution in [0.15, 0.2) is 41.3 Å². The lowest BCUT2D eigenvalue weighted by Crippen LogP contribution is -2.52. The SMILES string of the molecule is CN1CCN(NS(=O)(=O)c2cccc3c(N(C)C)cccc23)CC1. The Labute approximate surface area is 143 Å². The van der Waals surface area contributed by atoms with Crippen LogP contribution in [-0.4, -0.2) is 65.6 Å². The number of rotatable bonds is 4. The number of sulfonamides is 1. The van der Waals surface area contributed by atoms with Crippen molar-refractivity contribution < 1.29 is 8.42 Å². The molecule has 130 valence electrons. The van der Waals surface area contributed by atoms with Crippen molar-refractivity contribution in [1.82, 2.24) is 14.7 Å². The molecule has 1 fully saturated rings. The summed E-state index contributed by atoms with van der Waals surface area (Å²) in [5.74, 6) is 0. The highest BCUT2D eigenvalue weighted by atomic mass is 32.2. The Morgan fingerprint density at radius 2 is 1.58 bits per heavy atom. The van der Waals surface area contributed by atoms with Crippen LogP contribution in [0.4, 0.5) is 5.69 Å². The van der Waals surface area contributed by atoms with Crippen molar-refractivity contribution in [3.05, 3.63) is 36.4 Å². The molecule has 2 aromatic rings. The standard InChI is InChI=1S/C17H24N4O2S/c1-19(2)16-8-4-7-15-14(16)6-5-9-17(15)24(22,23)18-21-12-10-20(3)11-13-21/h4-9,18H,10-13H2,1-3H3. The number of nitrogens with one attached hydrogen (secondary N) is 1. The number of anilines is 1. The summed E-state index contributed by atoms with van der Waals surface area (Å²) in [5, 5.41) is 3.46. The molecular formula is C17H24N4O2S. The molecule has 0 bridgehead atoms. The van der Waals surface area contributed by atoms with Gasteiger partial charge >= 0.3 is 0 Å². The van der Waals surface area contributed by atoms with E-state index in [0.717, 1.165) is 29.5 Å². The van der Waals surface area contributed by atoms with Gasteiger partial charge in [-0.25, -0.2) is 13.4 Å². The molecule has 3 rings (SSSR count). The molecule has 6 nitrogen and oxygen atoms in total. The minimum atomic E-state index is -3.61. The van der Waals surface area contributed by atoms with Gasteiger partial charge in [-0.1, -0.05) is 24.3 Å². The lowest BCUT2D eigenvalue weighted by molar-refractivity contribution is 0.135. The van der Waals surface area contributed by atoms with Gasteiger partial charge in [-0.3, -0.25) is 0 Å². The van der Waals surface area contributed by atoms with E-state index in [2.05, 4.69) is 9.73 Å². The normalized spacial score (nSPS) is 17.3. The third-order valence-electron chi connectivity index (χ3n) is 4.38. The average Bonchev–Trinajstić information content (AvgIpc) is 2.55. The molecule has 0 atom stereocenters. The van der Waals surface area contributed by atoms with E-state index in [9.17, 15) is 8.42 Å². The van der Waals surface area contributed by atoms with E-state index in [4.69, 9.17) is 0 Å². The zero-order chi connectivity index (χ0) is 17.3. The summed E-state index contributed by atoms with van der Waals surface area (Å²) in [6.07, 6.45) is 0. The maximum atomic E-state index is 12.9. The van der Waals surface area contributed by atoms with Gasteiger partial charge in [-0.2, -0.15) is 0 Å². The highest BCUT2D eigenvalue weighted by molar-refractivity contribution is 7.89. The number of nitrogens with zero attached hydrogens (tertiary/aromatic N) is 3. The molecule has 0 aromatic heterocycles. The number of fused-ring (bicyclic) bond motifs is 1. The first-order chi connectivity index (χ1) is 11.4. The minimum Gasteiger partial charge on any atom is -0.377 e. The lowest BCUT2D eigenvalue weighted by Gasteiger charge is -2.32. The maximum Gasteiger partial charge on any atom is 0.254 e. The molecule has 2 aromatic carbocycles. The molecule has 7 heteroatoms. The first-order valence-electron chi connectivity index (χ1n) is 8.03. The molecule has 1 aliphatic rings. The van der Waals surface area contributed by atoms with Crippen molar-refractivity contribution in [2.24, 2.45) is 0 Å². The number of piperazine rings is 1. The van der Waals surface area contributed by atoms with Gasteiger partial charge < -0.3 is 9.80 Å². The second kappa shape index (κ2) is 6.68. The summed E-state index contributed by atoms with van der Waals surface area (Å²) >= 11 is 0. The van der Waals surface area contributed by atoms with E-state index >= 15 is 0 Å². The van der Waals surface area contributed by atoms with Crippen LogP contribution in [0.1, 0.15) is 0 Å². The second-order valence-corrected chi connectivity index (χ2v) is 8.04. The number of benzene rings is 2. The Morgan fingerprint density at radius 3 is 2.25 bits per heavy atom. The molecule has 1 heterocycles. The van der Waals surface area contributed by atoms with E-state index in [1.807, 2.05) is 50.3 Å². The smallest absolute Gasteiger partial charge is 0.254 e. The topological polar surface area (TPSA) is 55.9 Å². The molecule has 0 aliphatic carbocycles. The van der Waals surface area contributed by atoms with Crippen LogP contribution in [0.2, 0.25) is 0 Å². The Bertz CT molecular complexity index is 828. The van der Waals surface area contributed by atoms with Crippen LogP contribution in [0.25, 0.3) is 10.8 Å². The van der Waals surface area contributed by atoms with Gasteiger partial charge in [0.25, 0.3) is 10.0 Å². The first kappa shape index (κ1) is 17.2. The van der Waals surface area contributed by atoms with Crippen LogP contribution in [-0.2, 0) is 10.0 Å². The van der Waals surface area contributed by atoms with Crippen molar-refractivity contribution in [2.45, 2.75) is 4.90 Å². The zero-order valence-electron chi connectivity index (χ0n) is 14.4. The van der Waals surface area contributed by atoms with Gasteiger partial charge in [0, 0.05) is 56.7 Å². The lowest BCUT2D eigenvalue weighted by atomic mass is 10.1. The molecular weight excluding hydrogens is 324 g/mol. The van der Waals surface area contributed by atoms with E-state index in [0.29, 0.717) is 18.0 Å². The van der Waals surface area contributed by atoms with Crippen molar-refractivity contribution in [2.75, 3.05) is 52.2 Å². The Balaban J connectivity index is 1.97. The zero-order valence-corrected chi connectivity index (χ0v) is 15.2. The van der Waals surface area contributed by atoms with Gasteiger partial charge in [0.2, 0.25) is 0 Å². The molecule has 0 unspecified atom stereocenters. The minimum absolute atomic E-state index is 0.322. The van der Waals surface area contributed by atoms with Crippen molar-refractivity contribution in [1.29, 1.82) is 0 Å². The third kappa shape index (κ3) is 3.39. The molecule has 0 spiro atoms. The first-order valence-corrected chi connectivity index (χ1v) is 9.52. The maximum absolute atomic E-state index is 12.9. The van der Waals surface area contributed by atoms with Gasteiger partial charge in [-0.15, -0.1) is 4.83 Å². The van der Waals surface area contributed by atoms with Gasteiger partial charge in [-0.05, 0) is 19.2 Å². The summed E-state index contributed by atoms with van der Waals surface area (Å²) < 4.78 is 25.8.